The molecule has 0 radical (unpaired) electrons. The van der Waals surface area contributed by atoms with Crippen molar-refractivity contribution < 1.29 is 9.21 Å². The Morgan fingerprint density at radius 3 is 2.47 bits per heavy atom. The number of furan rings is 1. The third kappa shape index (κ3) is 4.75. The zero-order chi connectivity index (χ0) is 20.8. The number of amides is 1. The van der Waals surface area contributed by atoms with Crippen molar-refractivity contribution in [2.75, 3.05) is 7.05 Å². The summed E-state index contributed by atoms with van der Waals surface area (Å²) in [4.78, 5) is 14.2. The van der Waals surface area contributed by atoms with Crippen molar-refractivity contribution >= 4 is 12.0 Å². The number of carbonyl (C=O) groups is 1. The molecule has 0 aliphatic rings. The Balaban J connectivity index is 1.57. The van der Waals surface area contributed by atoms with E-state index in [1.54, 1.807) is 24.3 Å². The van der Waals surface area contributed by atoms with Gasteiger partial charge in [-0.1, -0.05) is 60.7 Å². The number of hydrogen-bond acceptors (Lipinski definition) is 3. The minimum atomic E-state index is -0.0961. The molecule has 0 saturated heterocycles. The summed E-state index contributed by atoms with van der Waals surface area (Å²) in [7, 11) is 1.76. The van der Waals surface area contributed by atoms with Crippen molar-refractivity contribution in [1.29, 1.82) is 0 Å². The number of benzene rings is 2. The predicted octanol–water partition coefficient (Wildman–Crippen LogP) is 4.86. The van der Waals surface area contributed by atoms with E-state index < -0.39 is 0 Å². The van der Waals surface area contributed by atoms with Crippen molar-refractivity contribution in [3.8, 4) is 11.3 Å². The first-order valence-corrected chi connectivity index (χ1v) is 9.81. The van der Waals surface area contributed by atoms with Crippen LogP contribution in [0.15, 0.2) is 95.7 Å². The lowest BCUT2D eigenvalue weighted by Gasteiger charge is -2.12. The van der Waals surface area contributed by atoms with Crippen molar-refractivity contribution in [1.82, 2.24) is 14.7 Å². The lowest BCUT2D eigenvalue weighted by Crippen LogP contribution is -2.23. The van der Waals surface area contributed by atoms with Crippen LogP contribution in [0.2, 0.25) is 0 Å². The zero-order valence-electron chi connectivity index (χ0n) is 16.8. The van der Waals surface area contributed by atoms with E-state index in [9.17, 15) is 4.79 Å². The molecule has 4 rings (SSSR count). The summed E-state index contributed by atoms with van der Waals surface area (Å²) in [5.41, 5.74) is 3.94. The van der Waals surface area contributed by atoms with E-state index in [2.05, 4.69) is 12.1 Å². The molecule has 5 nitrogen and oxygen atoms in total. The van der Waals surface area contributed by atoms with E-state index in [0.29, 0.717) is 13.1 Å². The molecular formula is C25H23N3O2. The molecule has 2 aromatic carbocycles. The van der Waals surface area contributed by atoms with Gasteiger partial charge < -0.3 is 9.32 Å². The number of rotatable bonds is 7. The van der Waals surface area contributed by atoms with Crippen molar-refractivity contribution in [2.45, 2.75) is 13.1 Å². The highest BCUT2D eigenvalue weighted by Crippen LogP contribution is 2.23. The van der Waals surface area contributed by atoms with Crippen LogP contribution in [0.4, 0.5) is 0 Å². The van der Waals surface area contributed by atoms with Gasteiger partial charge in [-0.05, 0) is 23.8 Å². The van der Waals surface area contributed by atoms with E-state index in [4.69, 9.17) is 9.52 Å². The Bertz CT molecular complexity index is 1110. The fourth-order valence-corrected chi connectivity index (χ4v) is 3.23. The predicted molar refractivity (Wildman–Crippen MR) is 117 cm³/mol. The van der Waals surface area contributed by atoms with Gasteiger partial charge in [0.25, 0.3) is 0 Å². The van der Waals surface area contributed by atoms with E-state index >= 15 is 0 Å². The van der Waals surface area contributed by atoms with Gasteiger partial charge in [0, 0.05) is 30.4 Å². The van der Waals surface area contributed by atoms with Gasteiger partial charge in [-0.2, -0.15) is 5.10 Å². The minimum absolute atomic E-state index is 0.0961. The van der Waals surface area contributed by atoms with Gasteiger partial charge in [0.1, 0.15) is 5.76 Å². The molecule has 0 fully saturated rings. The van der Waals surface area contributed by atoms with Crippen LogP contribution in [0.25, 0.3) is 17.3 Å². The first-order chi connectivity index (χ1) is 14.7. The Kier molecular flexibility index (Phi) is 5.90. The van der Waals surface area contributed by atoms with Crippen LogP contribution in [0.3, 0.4) is 0 Å². The van der Waals surface area contributed by atoms with E-state index in [-0.39, 0.29) is 5.91 Å². The largest absolute Gasteiger partial charge is 0.467 e. The lowest BCUT2D eigenvalue weighted by molar-refractivity contribution is -0.125. The van der Waals surface area contributed by atoms with Gasteiger partial charge in [-0.15, -0.1) is 0 Å². The summed E-state index contributed by atoms with van der Waals surface area (Å²) in [6.45, 7) is 1.09. The highest BCUT2D eigenvalue weighted by molar-refractivity contribution is 5.92. The second kappa shape index (κ2) is 9.09. The molecular weight excluding hydrogens is 374 g/mol. The molecule has 2 aromatic heterocycles. The van der Waals surface area contributed by atoms with E-state index in [1.165, 1.54) is 5.56 Å². The first-order valence-electron chi connectivity index (χ1n) is 9.81. The molecule has 1 amide bonds. The summed E-state index contributed by atoms with van der Waals surface area (Å²) in [5.74, 6) is 0.654. The molecule has 0 aliphatic heterocycles. The maximum atomic E-state index is 12.6. The van der Waals surface area contributed by atoms with Gasteiger partial charge in [0.2, 0.25) is 5.91 Å². The Labute approximate surface area is 175 Å². The molecule has 0 atom stereocenters. The molecule has 2 heterocycles. The van der Waals surface area contributed by atoms with Crippen LogP contribution in [0, 0.1) is 0 Å². The molecule has 30 heavy (non-hydrogen) atoms. The fourth-order valence-electron chi connectivity index (χ4n) is 3.23. The van der Waals surface area contributed by atoms with Gasteiger partial charge in [0.15, 0.2) is 0 Å². The molecule has 0 spiro atoms. The molecule has 150 valence electrons. The molecule has 0 saturated carbocycles. The fraction of sp³-hybridized carbons (Fsp3) is 0.120. The molecule has 4 aromatic rings. The SMILES string of the molecule is CN(Cc1ccco1)C(=O)/C=C/c1cn(Cc2ccccc2)nc1-c1ccccc1. The number of nitrogens with zero attached hydrogens (tertiary/aromatic N) is 3. The summed E-state index contributed by atoms with van der Waals surface area (Å²) in [6.07, 6.45) is 7.00. The monoisotopic (exact) mass is 397 g/mol. The lowest BCUT2D eigenvalue weighted by atomic mass is 10.1. The maximum absolute atomic E-state index is 12.6. The Morgan fingerprint density at radius 2 is 1.77 bits per heavy atom. The van der Waals surface area contributed by atoms with Crippen LogP contribution < -0.4 is 0 Å². The molecule has 0 bridgehead atoms. The van der Waals surface area contributed by atoms with Crippen molar-refractivity contribution in [3.05, 3.63) is 108 Å². The summed E-state index contributed by atoms with van der Waals surface area (Å²) in [6, 6.07) is 23.9. The standard InChI is InChI=1S/C25H23N3O2/c1-27(19-23-13-8-16-30-23)24(29)15-14-22-18-28(17-20-9-4-2-5-10-20)26-25(22)21-11-6-3-7-12-21/h2-16,18H,17,19H2,1H3/b15-14+. The number of likely N-dealkylation sites (N-methyl/N-ethyl adjacent to an activating group) is 1. The number of aromatic nitrogens is 2. The smallest absolute Gasteiger partial charge is 0.246 e. The number of carbonyl (C=O) groups excluding carboxylic acids is 1. The second-order valence-electron chi connectivity index (χ2n) is 7.09. The summed E-state index contributed by atoms with van der Waals surface area (Å²) >= 11 is 0. The molecule has 0 unspecified atom stereocenters. The third-order valence-electron chi connectivity index (χ3n) is 4.78. The van der Waals surface area contributed by atoms with Crippen LogP contribution in [0.5, 0.6) is 0 Å². The Morgan fingerprint density at radius 1 is 1.03 bits per heavy atom. The normalized spacial score (nSPS) is 11.1. The number of hydrogen-bond donors (Lipinski definition) is 0. The topological polar surface area (TPSA) is 51.3 Å². The van der Waals surface area contributed by atoms with Crippen LogP contribution in [-0.4, -0.2) is 27.6 Å². The molecule has 5 heteroatoms. The van der Waals surface area contributed by atoms with Crippen LogP contribution in [0.1, 0.15) is 16.9 Å². The van der Waals surface area contributed by atoms with Gasteiger partial charge >= 0.3 is 0 Å². The quantitative estimate of drug-likeness (QED) is 0.418. The summed E-state index contributed by atoms with van der Waals surface area (Å²) < 4.78 is 7.23. The first kappa shape index (κ1) is 19.5. The summed E-state index contributed by atoms with van der Waals surface area (Å²) in [5, 5.41) is 4.78. The average molecular weight is 397 g/mol. The van der Waals surface area contributed by atoms with E-state index in [0.717, 1.165) is 22.6 Å². The molecule has 0 N–H and O–H groups in total. The van der Waals surface area contributed by atoms with E-state index in [1.807, 2.05) is 77.6 Å². The van der Waals surface area contributed by atoms with Crippen LogP contribution in [-0.2, 0) is 17.9 Å². The highest BCUT2D eigenvalue weighted by Gasteiger charge is 2.12. The van der Waals surface area contributed by atoms with Crippen molar-refractivity contribution in [2.24, 2.45) is 0 Å². The Hall–Kier alpha value is -3.86. The van der Waals surface area contributed by atoms with Crippen LogP contribution >= 0.6 is 0 Å². The highest BCUT2D eigenvalue weighted by atomic mass is 16.3. The van der Waals surface area contributed by atoms with Gasteiger partial charge in [-0.3, -0.25) is 9.48 Å². The minimum Gasteiger partial charge on any atom is -0.467 e. The molecule has 0 aliphatic carbocycles. The zero-order valence-corrected chi connectivity index (χ0v) is 16.8. The van der Waals surface area contributed by atoms with Gasteiger partial charge in [0.05, 0.1) is 25.0 Å². The third-order valence-corrected chi connectivity index (χ3v) is 4.78. The maximum Gasteiger partial charge on any atom is 0.246 e. The van der Waals surface area contributed by atoms with Crippen molar-refractivity contribution in [3.63, 3.8) is 0 Å². The van der Waals surface area contributed by atoms with Gasteiger partial charge in [-0.25, -0.2) is 0 Å². The average Bonchev–Trinajstić information content (AvgIpc) is 3.43. The second-order valence-corrected chi connectivity index (χ2v) is 7.09.